The summed E-state index contributed by atoms with van der Waals surface area (Å²) in [6.45, 7) is 0. The van der Waals surface area contributed by atoms with Crippen LogP contribution in [0.5, 0.6) is 0 Å². The summed E-state index contributed by atoms with van der Waals surface area (Å²) < 4.78 is 26.1. The minimum absolute atomic E-state index is 0. The molecular weight excluding hydrogens is 251 g/mol. The molecular formula is C6H5N2NaO4S2. The molecule has 9 heteroatoms. The van der Waals surface area contributed by atoms with Crippen molar-refractivity contribution >= 4 is 57.3 Å². The second-order valence-corrected chi connectivity index (χ2v) is 4.54. The third-order valence-electron chi connectivity index (χ3n) is 1.38. The predicted molar refractivity (Wildman–Crippen MR) is 54.0 cm³/mol. The van der Waals surface area contributed by atoms with Crippen molar-refractivity contribution in [2.75, 3.05) is 0 Å². The van der Waals surface area contributed by atoms with Crippen molar-refractivity contribution in [3.63, 3.8) is 0 Å². The Balaban J connectivity index is 0.00000196. The molecule has 1 rings (SSSR count). The van der Waals surface area contributed by atoms with Gasteiger partial charge in [-0.15, -0.1) is 11.3 Å². The van der Waals surface area contributed by atoms with Crippen LogP contribution in [0.3, 0.4) is 0 Å². The van der Waals surface area contributed by atoms with Gasteiger partial charge in [0.1, 0.15) is 11.0 Å². The van der Waals surface area contributed by atoms with Gasteiger partial charge in [-0.1, -0.05) is 0 Å². The Labute approximate surface area is 112 Å². The van der Waals surface area contributed by atoms with E-state index in [9.17, 15) is 13.2 Å². The average Bonchev–Trinajstić information content (AvgIpc) is 2.61. The number of carbonyl (C=O) groups excluding carboxylic acids is 1. The van der Waals surface area contributed by atoms with Crippen LogP contribution in [0.15, 0.2) is 10.3 Å². The Bertz CT molecular complexity index is 502. The summed E-state index contributed by atoms with van der Waals surface area (Å²) in [5, 5.41) is 9.81. The fourth-order valence-corrected chi connectivity index (χ4v) is 2.80. The molecule has 0 aliphatic rings. The van der Waals surface area contributed by atoms with Gasteiger partial charge in [-0.25, -0.2) is 0 Å². The number of nitrogens with two attached hydrogens (primary N) is 1. The van der Waals surface area contributed by atoms with Gasteiger partial charge in [-0.3, -0.25) is 4.79 Å². The number of hydrogen-bond donors (Lipinski definition) is 1. The van der Waals surface area contributed by atoms with Crippen LogP contribution in [0.1, 0.15) is 15.2 Å². The summed E-state index contributed by atoms with van der Waals surface area (Å²) >= 11 is 0.838. The van der Waals surface area contributed by atoms with Crippen LogP contribution in [0.25, 0.3) is 0 Å². The zero-order valence-electron chi connectivity index (χ0n) is 6.63. The number of hydrogen-bond acceptors (Lipinski definition) is 7. The van der Waals surface area contributed by atoms with Crippen molar-refractivity contribution in [1.29, 1.82) is 5.26 Å². The number of nitrogens with zero attached hydrogens (tertiary/aromatic N) is 1. The monoisotopic (exact) mass is 256 g/mol. The zero-order chi connectivity index (χ0) is 10.8. The van der Waals surface area contributed by atoms with Crippen molar-refractivity contribution in [1.82, 2.24) is 0 Å². The standard InChI is InChI=1S/C6H4N2O4S2.Na.H/c7-1-4-3-13-5(2-9)6(4)14(10,11)12-8;;/h2-3H,8H2;;. The number of carbonyl (C=O) groups is 1. The van der Waals surface area contributed by atoms with Gasteiger partial charge in [0, 0.05) is 5.38 Å². The molecule has 0 amide bonds. The second kappa shape index (κ2) is 5.72. The van der Waals surface area contributed by atoms with Gasteiger partial charge in [0.05, 0.1) is 10.4 Å². The van der Waals surface area contributed by atoms with E-state index in [-0.39, 0.29) is 40.0 Å². The molecule has 0 aliphatic carbocycles. The van der Waals surface area contributed by atoms with Crippen molar-refractivity contribution in [2.45, 2.75) is 4.90 Å². The molecule has 0 aromatic carbocycles. The molecule has 0 aliphatic heterocycles. The van der Waals surface area contributed by atoms with E-state index in [1.807, 2.05) is 0 Å². The number of rotatable bonds is 3. The third kappa shape index (κ3) is 2.85. The summed E-state index contributed by atoms with van der Waals surface area (Å²) in [4.78, 5) is 9.88. The van der Waals surface area contributed by atoms with E-state index in [2.05, 4.69) is 10.2 Å². The van der Waals surface area contributed by atoms with Crippen molar-refractivity contribution < 1.29 is 17.5 Å². The molecule has 0 atom stereocenters. The Morgan fingerprint density at radius 1 is 1.60 bits per heavy atom. The number of nitriles is 1. The van der Waals surface area contributed by atoms with Crippen molar-refractivity contribution in [3.8, 4) is 6.07 Å². The average molecular weight is 256 g/mol. The van der Waals surface area contributed by atoms with Crippen LogP contribution in [-0.4, -0.2) is 44.3 Å². The normalized spacial score (nSPS) is 10.1. The van der Waals surface area contributed by atoms with Crippen molar-refractivity contribution in [2.24, 2.45) is 5.90 Å². The SMILES string of the molecule is N#Cc1csc(C=O)c1S(=O)(=O)ON.[NaH]. The molecule has 1 aromatic heterocycles. The van der Waals surface area contributed by atoms with Crippen LogP contribution >= 0.6 is 11.3 Å². The van der Waals surface area contributed by atoms with E-state index in [4.69, 9.17) is 5.26 Å². The van der Waals surface area contributed by atoms with E-state index in [0.717, 1.165) is 11.3 Å². The van der Waals surface area contributed by atoms with Gasteiger partial charge >= 0.3 is 39.7 Å². The molecule has 0 radical (unpaired) electrons. The van der Waals surface area contributed by atoms with Gasteiger partial charge in [-0.2, -0.15) is 23.9 Å². The first kappa shape index (κ1) is 14.7. The zero-order valence-corrected chi connectivity index (χ0v) is 8.26. The Kier molecular flexibility index (Phi) is 5.61. The van der Waals surface area contributed by atoms with E-state index < -0.39 is 15.0 Å². The Hall–Kier alpha value is -0.270. The molecule has 0 unspecified atom stereocenters. The molecule has 0 saturated heterocycles. The molecule has 0 spiro atoms. The summed E-state index contributed by atoms with van der Waals surface area (Å²) in [5.41, 5.74) is -0.150. The molecule has 1 heterocycles. The molecule has 6 nitrogen and oxygen atoms in total. The van der Waals surface area contributed by atoms with Gasteiger partial charge in [0.25, 0.3) is 0 Å². The topological polar surface area (TPSA) is 110 Å². The molecule has 0 saturated carbocycles. The summed E-state index contributed by atoms with van der Waals surface area (Å²) in [6, 6.07) is 1.63. The fraction of sp³-hybridized carbons (Fsp3) is 0. The number of thiophene rings is 1. The first-order valence-corrected chi connectivity index (χ1v) is 5.45. The molecule has 2 N–H and O–H groups in total. The van der Waals surface area contributed by atoms with Crippen LogP contribution < -0.4 is 5.90 Å². The van der Waals surface area contributed by atoms with Gasteiger partial charge < -0.3 is 0 Å². The van der Waals surface area contributed by atoms with E-state index in [1.54, 1.807) is 6.07 Å². The van der Waals surface area contributed by atoms with E-state index in [1.165, 1.54) is 5.38 Å². The maximum absolute atomic E-state index is 11.2. The van der Waals surface area contributed by atoms with Gasteiger partial charge in [-0.05, 0) is 0 Å². The Morgan fingerprint density at radius 3 is 2.60 bits per heavy atom. The third-order valence-corrected chi connectivity index (χ3v) is 3.61. The number of aldehydes is 1. The molecule has 1 aromatic rings. The fourth-order valence-electron chi connectivity index (χ4n) is 0.827. The summed E-state index contributed by atoms with van der Waals surface area (Å²) in [7, 11) is -4.21. The van der Waals surface area contributed by atoms with Crippen LogP contribution in [0, 0.1) is 11.3 Å². The Morgan fingerprint density at radius 2 is 2.20 bits per heavy atom. The van der Waals surface area contributed by atoms with Gasteiger partial charge in [0.2, 0.25) is 0 Å². The second-order valence-electron chi connectivity index (χ2n) is 2.12. The van der Waals surface area contributed by atoms with Crippen LogP contribution in [0.4, 0.5) is 0 Å². The molecule has 0 fully saturated rings. The molecule has 15 heavy (non-hydrogen) atoms. The first-order valence-electron chi connectivity index (χ1n) is 3.17. The van der Waals surface area contributed by atoms with Crippen molar-refractivity contribution in [3.05, 3.63) is 15.8 Å². The molecule has 76 valence electrons. The summed E-state index contributed by atoms with van der Waals surface area (Å²) in [6.07, 6.45) is 0.331. The minimum atomic E-state index is -4.21. The van der Waals surface area contributed by atoms with Gasteiger partial charge in [0.15, 0.2) is 6.29 Å². The maximum atomic E-state index is 11.2. The van der Waals surface area contributed by atoms with Crippen LogP contribution in [-0.2, 0) is 14.4 Å². The van der Waals surface area contributed by atoms with E-state index in [0.29, 0.717) is 6.29 Å². The quantitative estimate of drug-likeness (QED) is 0.437. The first-order chi connectivity index (χ1) is 6.56. The predicted octanol–water partition coefficient (Wildman–Crippen LogP) is -0.637. The van der Waals surface area contributed by atoms with Crippen LogP contribution in [0.2, 0.25) is 0 Å². The molecule has 0 bridgehead atoms. The van der Waals surface area contributed by atoms with E-state index >= 15 is 0 Å². The summed E-state index contributed by atoms with van der Waals surface area (Å²) in [5.74, 6) is 4.54.